The van der Waals surface area contributed by atoms with Crippen LogP contribution in [0.3, 0.4) is 0 Å². The molecule has 4 rings (SSSR count). The Labute approximate surface area is 199 Å². The minimum atomic E-state index is -5.08. The Kier molecular flexibility index (Phi) is 8.48. The van der Waals surface area contributed by atoms with Gasteiger partial charge in [0.05, 0.1) is 6.54 Å². The van der Waals surface area contributed by atoms with Crippen molar-refractivity contribution >= 4 is 23.0 Å². The van der Waals surface area contributed by atoms with E-state index in [0.29, 0.717) is 18.7 Å². The maximum atomic E-state index is 13.2. The number of alkyl halides is 3. The molecule has 1 aliphatic rings. The molecule has 0 atom stereocenters. The Hall–Kier alpha value is -3.85. The van der Waals surface area contributed by atoms with E-state index in [2.05, 4.69) is 44.2 Å². The number of rotatable bonds is 5. The number of fused-ring (bicyclic) bond motifs is 1. The summed E-state index contributed by atoms with van der Waals surface area (Å²) in [5.41, 5.74) is 2.58. The van der Waals surface area contributed by atoms with E-state index in [4.69, 9.17) is 9.90 Å². The van der Waals surface area contributed by atoms with Crippen molar-refractivity contribution in [2.45, 2.75) is 32.6 Å². The number of nitrogens with one attached hydrogen (secondary N) is 1. The second-order valence-electron chi connectivity index (χ2n) is 7.59. The number of halogens is 3. The fourth-order valence-electron chi connectivity index (χ4n) is 3.63. The Bertz CT molecular complexity index is 1270. The summed E-state index contributed by atoms with van der Waals surface area (Å²) in [7, 11) is 0. The minimum absolute atomic E-state index is 0.0782. The number of carboxylic acids is 1. The highest BCUT2D eigenvalue weighted by atomic mass is 19.4. The van der Waals surface area contributed by atoms with Gasteiger partial charge in [0, 0.05) is 32.7 Å². The lowest BCUT2D eigenvalue weighted by atomic mass is 10.1. The summed E-state index contributed by atoms with van der Waals surface area (Å²) >= 11 is 0. The summed E-state index contributed by atoms with van der Waals surface area (Å²) < 4.78 is 35.2. The molecule has 186 valence electrons. The fourth-order valence-corrected chi connectivity index (χ4v) is 3.63. The van der Waals surface area contributed by atoms with E-state index >= 15 is 0 Å². The van der Waals surface area contributed by atoms with Crippen LogP contribution in [0.5, 0.6) is 0 Å². The summed E-state index contributed by atoms with van der Waals surface area (Å²) in [5.74, 6) is 3.98. The zero-order valence-electron chi connectivity index (χ0n) is 19.0. The number of carbonyl (C=O) groups is 1. The lowest BCUT2D eigenvalue weighted by Crippen LogP contribution is -2.44. The number of carboxylic acid groups (broad SMARTS) is 1. The Balaban J connectivity index is 0.000000429. The topological polar surface area (TPSA) is 105 Å². The van der Waals surface area contributed by atoms with E-state index in [9.17, 15) is 18.0 Å². The molecule has 1 saturated heterocycles. The average Bonchev–Trinajstić information content (AvgIpc) is 3.12. The number of aliphatic carboxylic acids is 1. The molecule has 0 radical (unpaired) electrons. The van der Waals surface area contributed by atoms with E-state index in [1.165, 1.54) is 5.56 Å². The van der Waals surface area contributed by atoms with Gasteiger partial charge < -0.3 is 15.3 Å². The first kappa shape index (κ1) is 25.8. The molecule has 35 heavy (non-hydrogen) atoms. The first-order chi connectivity index (χ1) is 16.7. The number of aryl methyl sites for hydroxylation is 2. The SMILES string of the molecule is CC#CCn1c(=O)n(CCc2ccccc2)c2ncnc(N3CCNCC3)c21.O=C(O)C(F)(F)F. The summed E-state index contributed by atoms with van der Waals surface area (Å²) in [6.07, 6.45) is -2.75. The smallest absolute Gasteiger partial charge is 0.475 e. The first-order valence-corrected chi connectivity index (χ1v) is 10.9. The predicted molar refractivity (Wildman–Crippen MR) is 124 cm³/mol. The Morgan fingerprint density at radius 2 is 1.80 bits per heavy atom. The van der Waals surface area contributed by atoms with Gasteiger partial charge in [-0.3, -0.25) is 9.13 Å². The van der Waals surface area contributed by atoms with Gasteiger partial charge in [-0.15, -0.1) is 5.92 Å². The van der Waals surface area contributed by atoms with Crippen LogP contribution in [0.15, 0.2) is 41.5 Å². The fraction of sp³-hybridized carbons (Fsp3) is 0.391. The Morgan fingerprint density at radius 3 is 2.40 bits per heavy atom. The lowest BCUT2D eigenvalue weighted by molar-refractivity contribution is -0.192. The van der Waals surface area contributed by atoms with Crippen molar-refractivity contribution < 1.29 is 23.1 Å². The molecule has 2 aromatic heterocycles. The van der Waals surface area contributed by atoms with Crippen molar-refractivity contribution in [3.05, 3.63) is 52.7 Å². The lowest BCUT2D eigenvalue weighted by Gasteiger charge is -2.28. The molecule has 2 N–H and O–H groups in total. The highest BCUT2D eigenvalue weighted by Gasteiger charge is 2.38. The Morgan fingerprint density at radius 1 is 1.14 bits per heavy atom. The average molecular weight is 490 g/mol. The minimum Gasteiger partial charge on any atom is -0.475 e. The first-order valence-electron chi connectivity index (χ1n) is 10.9. The molecule has 0 saturated carbocycles. The van der Waals surface area contributed by atoms with Crippen molar-refractivity contribution in [3.63, 3.8) is 0 Å². The highest BCUT2D eigenvalue weighted by Crippen LogP contribution is 2.23. The summed E-state index contributed by atoms with van der Waals surface area (Å²) in [6.45, 7) is 6.22. The number of nitrogens with zero attached hydrogens (tertiary/aromatic N) is 5. The van der Waals surface area contributed by atoms with Gasteiger partial charge in [-0.05, 0) is 18.9 Å². The number of hydrogen-bond donors (Lipinski definition) is 2. The summed E-state index contributed by atoms with van der Waals surface area (Å²) in [4.78, 5) is 33.3. The summed E-state index contributed by atoms with van der Waals surface area (Å²) in [5, 5.41) is 10.5. The molecule has 3 heterocycles. The molecule has 0 spiro atoms. The van der Waals surface area contributed by atoms with E-state index in [1.807, 2.05) is 18.2 Å². The number of aromatic nitrogens is 4. The molecule has 1 fully saturated rings. The van der Waals surface area contributed by atoms with E-state index in [0.717, 1.165) is 43.9 Å². The molecule has 1 aromatic carbocycles. The van der Waals surface area contributed by atoms with Crippen LogP contribution in [0.25, 0.3) is 11.2 Å². The van der Waals surface area contributed by atoms with Gasteiger partial charge in [-0.1, -0.05) is 36.3 Å². The monoisotopic (exact) mass is 490 g/mol. The van der Waals surface area contributed by atoms with Crippen molar-refractivity contribution in [1.29, 1.82) is 0 Å². The van der Waals surface area contributed by atoms with E-state index in [-0.39, 0.29) is 5.69 Å². The van der Waals surface area contributed by atoms with Crippen LogP contribution in [0.2, 0.25) is 0 Å². The molecule has 3 aromatic rings. The molecular weight excluding hydrogens is 465 g/mol. The number of piperazine rings is 1. The molecule has 0 unspecified atom stereocenters. The third kappa shape index (κ3) is 6.39. The standard InChI is InChI=1S/C21H24N6O.C2HF3O2/c1-2-3-12-26-18-19(25-14-10-22-11-15-25)23-16-24-20(18)27(21(26)28)13-9-17-7-5-4-6-8-17;3-2(4,5)1(6)7/h4-8,16,22H,9-15H2,1H3;(H,6,7). The van der Waals surface area contributed by atoms with Gasteiger partial charge in [0.15, 0.2) is 11.5 Å². The number of benzene rings is 1. The zero-order chi connectivity index (χ0) is 25.4. The van der Waals surface area contributed by atoms with Crippen LogP contribution in [-0.4, -0.2) is 62.5 Å². The van der Waals surface area contributed by atoms with Crippen molar-refractivity contribution in [2.24, 2.45) is 0 Å². The molecule has 0 aliphatic carbocycles. The van der Waals surface area contributed by atoms with E-state index < -0.39 is 12.1 Å². The van der Waals surface area contributed by atoms with E-state index in [1.54, 1.807) is 22.4 Å². The van der Waals surface area contributed by atoms with Gasteiger partial charge in [0.25, 0.3) is 0 Å². The van der Waals surface area contributed by atoms with Gasteiger partial charge in [-0.25, -0.2) is 19.6 Å². The quantitative estimate of drug-likeness (QED) is 0.527. The molecule has 1 aliphatic heterocycles. The van der Waals surface area contributed by atoms with Crippen LogP contribution in [0.4, 0.5) is 19.0 Å². The molecule has 9 nitrogen and oxygen atoms in total. The normalized spacial score (nSPS) is 13.5. The number of imidazole rings is 1. The predicted octanol–water partition coefficient (Wildman–Crippen LogP) is 1.90. The van der Waals surface area contributed by atoms with Gasteiger partial charge in [-0.2, -0.15) is 13.2 Å². The van der Waals surface area contributed by atoms with Crippen LogP contribution >= 0.6 is 0 Å². The van der Waals surface area contributed by atoms with Crippen LogP contribution < -0.4 is 15.9 Å². The maximum absolute atomic E-state index is 13.2. The maximum Gasteiger partial charge on any atom is 0.490 e. The van der Waals surface area contributed by atoms with Crippen LogP contribution in [-0.2, 0) is 24.3 Å². The number of hydrogen-bond acceptors (Lipinski definition) is 6. The largest absolute Gasteiger partial charge is 0.490 e. The molecule has 0 amide bonds. The third-order valence-electron chi connectivity index (χ3n) is 5.31. The van der Waals surface area contributed by atoms with Crippen LogP contribution in [0.1, 0.15) is 12.5 Å². The van der Waals surface area contributed by atoms with Crippen molar-refractivity contribution in [1.82, 2.24) is 24.4 Å². The molecular formula is C23H25F3N6O3. The molecule has 0 bridgehead atoms. The van der Waals surface area contributed by atoms with Crippen molar-refractivity contribution in [3.8, 4) is 11.8 Å². The van der Waals surface area contributed by atoms with Gasteiger partial charge in [0.2, 0.25) is 0 Å². The summed E-state index contributed by atoms with van der Waals surface area (Å²) in [6, 6.07) is 10.2. The highest BCUT2D eigenvalue weighted by molar-refractivity contribution is 5.84. The second kappa shape index (κ2) is 11.5. The third-order valence-corrected chi connectivity index (χ3v) is 5.31. The van der Waals surface area contributed by atoms with Crippen molar-refractivity contribution in [2.75, 3.05) is 31.1 Å². The zero-order valence-corrected chi connectivity index (χ0v) is 19.0. The van der Waals surface area contributed by atoms with Gasteiger partial charge in [0.1, 0.15) is 11.8 Å². The second-order valence-corrected chi connectivity index (χ2v) is 7.59. The molecule has 12 heteroatoms. The van der Waals surface area contributed by atoms with Crippen LogP contribution in [0, 0.1) is 11.8 Å². The number of anilines is 1. The van der Waals surface area contributed by atoms with Gasteiger partial charge >= 0.3 is 17.8 Å².